The Morgan fingerprint density at radius 1 is 1.33 bits per heavy atom. The summed E-state index contributed by atoms with van der Waals surface area (Å²) < 4.78 is 11.7. The van der Waals surface area contributed by atoms with Crippen LogP contribution in [0.1, 0.15) is 19.8 Å². The van der Waals surface area contributed by atoms with E-state index in [9.17, 15) is 14.0 Å². The monoisotopic (exact) mass is 178 g/mol. The third kappa shape index (κ3) is 2.18. The lowest BCUT2D eigenvalue weighted by atomic mass is 9.86. The molecule has 0 aliphatic carbocycles. The van der Waals surface area contributed by atoms with Crippen molar-refractivity contribution in [2.24, 2.45) is 5.41 Å². The summed E-state index contributed by atoms with van der Waals surface area (Å²) in [5.41, 5.74) is -1.86. The number of alkyl halides is 1. The molecule has 12 heavy (non-hydrogen) atoms. The molecule has 0 saturated heterocycles. The smallest absolute Gasteiger partial charge is 0.320 e. The maximum absolute atomic E-state index is 11.7. The maximum Gasteiger partial charge on any atom is 0.320 e. The first-order valence-corrected chi connectivity index (χ1v) is 3.48. The van der Waals surface area contributed by atoms with Gasteiger partial charge in [0.2, 0.25) is 0 Å². The average Bonchev–Trinajstić information content (AvgIpc) is 1.99. The number of carbonyl (C=O) groups is 2. The van der Waals surface area contributed by atoms with Crippen LogP contribution in [0, 0.1) is 5.41 Å². The summed E-state index contributed by atoms with van der Waals surface area (Å²) in [6.45, 7) is 0.378. The molecule has 0 unspecified atom stereocenters. The van der Waals surface area contributed by atoms with Crippen LogP contribution in [0.15, 0.2) is 0 Å². The molecule has 0 bridgehead atoms. The van der Waals surface area contributed by atoms with Gasteiger partial charge in [-0.05, 0) is 19.8 Å². The minimum Gasteiger partial charge on any atom is -0.480 e. The fraction of sp³-hybridized carbons (Fsp3) is 0.714. The van der Waals surface area contributed by atoms with Crippen LogP contribution in [0.4, 0.5) is 4.39 Å². The maximum atomic E-state index is 11.7. The molecule has 0 saturated carbocycles. The largest absolute Gasteiger partial charge is 0.480 e. The highest BCUT2D eigenvalue weighted by Crippen LogP contribution is 2.23. The van der Waals surface area contributed by atoms with Crippen molar-refractivity contribution in [3.63, 3.8) is 0 Å². The molecule has 4 nitrogen and oxygen atoms in total. The Hall–Kier alpha value is -1.13. The van der Waals surface area contributed by atoms with Crippen molar-refractivity contribution in [2.75, 3.05) is 6.67 Å². The second kappa shape index (κ2) is 4.04. The molecule has 0 heterocycles. The van der Waals surface area contributed by atoms with Crippen LogP contribution in [-0.2, 0) is 9.59 Å². The Morgan fingerprint density at radius 2 is 1.75 bits per heavy atom. The Bertz CT molecular complexity index is 176. The van der Waals surface area contributed by atoms with E-state index in [1.807, 2.05) is 0 Å². The van der Waals surface area contributed by atoms with Gasteiger partial charge in [0.15, 0.2) is 5.41 Å². The lowest BCUT2D eigenvalue weighted by molar-refractivity contribution is -0.163. The molecule has 0 aromatic rings. The highest BCUT2D eigenvalue weighted by molar-refractivity contribution is 5.97. The molecule has 0 aliphatic heterocycles. The molecule has 0 fully saturated rings. The number of carboxylic acids is 2. The van der Waals surface area contributed by atoms with E-state index in [-0.39, 0.29) is 12.8 Å². The van der Waals surface area contributed by atoms with Crippen molar-refractivity contribution in [3.05, 3.63) is 0 Å². The fourth-order valence-electron chi connectivity index (χ4n) is 0.726. The Labute approximate surface area is 69.0 Å². The Kier molecular flexibility index (Phi) is 3.66. The van der Waals surface area contributed by atoms with Gasteiger partial charge < -0.3 is 10.2 Å². The molecule has 0 aromatic carbocycles. The molecule has 0 spiro atoms. The van der Waals surface area contributed by atoms with E-state index in [1.54, 1.807) is 0 Å². The van der Waals surface area contributed by atoms with Gasteiger partial charge in [-0.2, -0.15) is 0 Å². The van der Waals surface area contributed by atoms with Crippen molar-refractivity contribution in [2.45, 2.75) is 19.8 Å². The van der Waals surface area contributed by atoms with Gasteiger partial charge in [0.25, 0.3) is 0 Å². The van der Waals surface area contributed by atoms with E-state index in [2.05, 4.69) is 0 Å². The van der Waals surface area contributed by atoms with Crippen molar-refractivity contribution >= 4 is 11.9 Å². The van der Waals surface area contributed by atoms with Gasteiger partial charge in [0.05, 0.1) is 6.67 Å². The molecule has 0 atom stereocenters. The first kappa shape index (κ1) is 10.9. The van der Waals surface area contributed by atoms with Crippen LogP contribution in [0.5, 0.6) is 0 Å². The van der Waals surface area contributed by atoms with Gasteiger partial charge in [0.1, 0.15) is 0 Å². The van der Waals surface area contributed by atoms with Gasteiger partial charge in [0, 0.05) is 0 Å². The molecular weight excluding hydrogens is 167 g/mol. The molecule has 70 valence electrons. The van der Waals surface area contributed by atoms with Crippen molar-refractivity contribution < 1.29 is 24.2 Å². The third-order valence-corrected chi connectivity index (χ3v) is 1.75. The zero-order valence-corrected chi connectivity index (χ0v) is 6.71. The standard InChI is InChI=1S/C7H11FO4/c1-7(5(9)10,6(11)12)3-2-4-8/h2-4H2,1H3,(H,9,10)(H,11,12). The zero-order chi connectivity index (χ0) is 9.78. The first-order chi connectivity index (χ1) is 5.45. The average molecular weight is 178 g/mol. The molecule has 0 aromatic heterocycles. The van der Waals surface area contributed by atoms with Crippen LogP contribution in [0.3, 0.4) is 0 Å². The highest BCUT2D eigenvalue weighted by Gasteiger charge is 2.40. The molecule has 0 rings (SSSR count). The second-order valence-corrected chi connectivity index (χ2v) is 2.73. The predicted molar refractivity (Wildman–Crippen MR) is 38.6 cm³/mol. The van der Waals surface area contributed by atoms with Crippen molar-refractivity contribution in [1.82, 2.24) is 0 Å². The molecule has 5 heteroatoms. The van der Waals surface area contributed by atoms with Crippen LogP contribution < -0.4 is 0 Å². The number of hydrogen-bond donors (Lipinski definition) is 2. The second-order valence-electron chi connectivity index (χ2n) is 2.73. The summed E-state index contributed by atoms with van der Waals surface area (Å²) in [7, 11) is 0. The van der Waals surface area contributed by atoms with E-state index in [1.165, 1.54) is 0 Å². The Morgan fingerprint density at radius 3 is 2.00 bits per heavy atom. The van der Waals surface area contributed by atoms with Gasteiger partial charge in [-0.15, -0.1) is 0 Å². The SMILES string of the molecule is CC(CCCF)(C(=O)O)C(=O)O. The summed E-state index contributed by atoms with van der Waals surface area (Å²) in [5, 5.41) is 17.1. The van der Waals surface area contributed by atoms with Crippen molar-refractivity contribution in [1.29, 1.82) is 0 Å². The van der Waals surface area contributed by atoms with E-state index >= 15 is 0 Å². The Balaban J connectivity index is 4.40. The van der Waals surface area contributed by atoms with E-state index < -0.39 is 24.0 Å². The van der Waals surface area contributed by atoms with E-state index in [0.717, 1.165) is 6.92 Å². The summed E-state index contributed by atoms with van der Waals surface area (Å²) in [6.07, 6.45) is -0.233. The highest BCUT2D eigenvalue weighted by atomic mass is 19.1. The number of halogens is 1. The molecule has 0 amide bonds. The topological polar surface area (TPSA) is 74.6 Å². The molecule has 2 N–H and O–H groups in total. The van der Waals surface area contributed by atoms with Gasteiger partial charge >= 0.3 is 11.9 Å². The fourth-order valence-corrected chi connectivity index (χ4v) is 0.726. The van der Waals surface area contributed by atoms with Crippen LogP contribution in [0.2, 0.25) is 0 Å². The summed E-state index contributed by atoms with van der Waals surface area (Å²) in [6, 6.07) is 0. The lowest BCUT2D eigenvalue weighted by Crippen LogP contribution is -2.36. The number of hydrogen-bond acceptors (Lipinski definition) is 2. The number of aliphatic carboxylic acids is 2. The van der Waals surface area contributed by atoms with Crippen LogP contribution >= 0.6 is 0 Å². The van der Waals surface area contributed by atoms with E-state index in [4.69, 9.17) is 10.2 Å². The number of rotatable bonds is 5. The summed E-state index contributed by atoms with van der Waals surface area (Å²) >= 11 is 0. The minimum absolute atomic E-state index is 0.0465. The van der Waals surface area contributed by atoms with Crippen LogP contribution in [-0.4, -0.2) is 28.8 Å². The quantitative estimate of drug-likeness (QED) is 0.613. The normalized spacial score (nSPS) is 11.2. The van der Waals surface area contributed by atoms with E-state index in [0.29, 0.717) is 0 Å². The minimum atomic E-state index is -1.86. The molecular formula is C7H11FO4. The van der Waals surface area contributed by atoms with Gasteiger partial charge in [-0.1, -0.05) is 0 Å². The van der Waals surface area contributed by atoms with Gasteiger partial charge in [-0.3, -0.25) is 14.0 Å². The predicted octanol–water partition coefficient (Wildman–Crippen LogP) is 0.912. The number of carboxylic acid groups (broad SMARTS) is 2. The third-order valence-electron chi connectivity index (χ3n) is 1.75. The first-order valence-electron chi connectivity index (χ1n) is 3.48. The summed E-state index contributed by atoms with van der Waals surface area (Å²) in [4.78, 5) is 20.9. The summed E-state index contributed by atoms with van der Waals surface area (Å²) in [5.74, 6) is -2.85. The lowest BCUT2D eigenvalue weighted by Gasteiger charge is -2.18. The van der Waals surface area contributed by atoms with Gasteiger partial charge in [-0.25, -0.2) is 0 Å². The van der Waals surface area contributed by atoms with Crippen LogP contribution in [0.25, 0.3) is 0 Å². The molecule has 0 radical (unpaired) electrons. The van der Waals surface area contributed by atoms with Crippen molar-refractivity contribution in [3.8, 4) is 0 Å². The zero-order valence-electron chi connectivity index (χ0n) is 6.71. The molecule has 0 aliphatic rings.